The van der Waals surface area contributed by atoms with Crippen LogP contribution in [0.4, 0.5) is 5.13 Å². The molecule has 0 atom stereocenters. The zero-order valence-electron chi connectivity index (χ0n) is 11.5. The maximum atomic E-state index is 12.0. The summed E-state index contributed by atoms with van der Waals surface area (Å²) in [5.74, 6) is 0.723. The minimum atomic E-state index is -0.0628. The highest BCUT2D eigenvalue weighted by atomic mass is 32.1. The molecule has 2 aromatic carbocycles. The quantitative estimate of drug-likeness (QED) is 0.802. The molecule has 1 heterocycles. The molecule has 3 aromatic rings. The molecule has 0 bridgehead atoms. The summed E-state index contributed by atoms with van der Waals surface area (Å²) < 4.78 is 6.17. The number of methoxy groups -OCH3 is 1. The summed E-state index contributed by atoms with van der Waals surface area (Å²) in [5, 5.41) is 3.46. The molecule has 0 spiro atoms. The van der Waals surface area contributed by atoms with E-state index in [1.165, 1.54) is 11.3 Å². The summed E-state index contributed by atoms with van der Waals surface area (Å²) in [6.45, 7) is 0. The summed E-state index contributed by atoms with van der Waals surface area (Å²) in [7, 11) is 1.63. The third-order valence-electron chi connectivity index (χ3n) is 3.05. The van der Waals surface area contributed by atoms with Crippen molar-refractivity contribution in [3.63, 3.8) is 0 Å². The van der Waals surface area contributed by atoms with Crippen LogP contribution in [0, 0.1) is 0 Å². The van der Waals surface area contributed by atoms with Crippen LogP contribution in [-0.4, -0.2) is 18.0 Å². The molecule has 0 radical (unpaired) electrons. The predicted molar refractivity (Wildman–Crippen MR) is 84.9 cm³/mol. The fourth-order valence-corrected chi connectivity index (χ4v) is 2.94. The fraction of sp³-hybridized carbons (Fsp3) is 0.125. The molecule has 1 amide bonds. The summed E-state index contributed by atoms with van der Waals surface area (Å²) >= 11 is 1.44. The van der Waals surface area contributed by atoms with E-state index in [0.717, 1.165) is 21.5 Å². The van der Waals surface area contributed by atoms with Crippen LogP contribution in [0.1, 0.15) is 5.56 Å². The third-order valence-corrected chi connectivity index (χ3v) is 3.98. The molecule has 0 aliphatic carbocycles. The van der Waals surface area contributed by atoms with E-state index in [2.05, 4.69) is 10.3 Å². The van der Waals surface area contributed by atoms with Crippen molar-refractivity contribution in [2.45, 2.75) is 6.42 Å². The van der Waals surface area contributed by atoms with Gasteiger partial charge >= 0.3 is 0 Å². The lowest BCUT2D eigenvalue weighted by atomic mass is 10.1. The van der Waals surface area contributed by atoms with Gasteiger partial charge in [0.1, 0.15) is 5.75 Å². The van der Waals surface area contributed by atoms with Gasteiger partial charge < -0.3 is 10.1 Å². The summed E-state index contributed by atoms with van der Waals surface area (Å²) in [6, 6.07) is 15.3. The first-order valence-corrected chi connectivity index (χ1v) is 7.34. The molecule has 0 aliphatic rings. The number of hydrogen-bond donors (Lipinski definition) is 1. The normalized spacial score (nSPS) is 10.5. The zero-order chi connectivity index (χ0) is 14.7. The van der Waals surface area contributed by atoms with Crippen LogP contribution in [0.3, 0.4) is 0 Å². The first-order chi connectivity index (χ1) is 10.2. The van der Waals surface area contributed by atoms with Crippen molar-refractivity contribution in [2.75, 3.05) is 12.4 Å². The summed E-state index contributed by atoms with van der Waals surface area (Å²) in [6.07, 6.45) is 0.347. The number of benzene rings is 2. The maximum absolute atomic E-state index is 12.0. The van der Waals surface area contributed by atoms with Gasteiger partial charge in [0.15, 0.2) is 5.13 Å². The van der Waals surface area contributed by atoms with Crippen molar-refractivity contribution >= 4 is 32.6 Å². The van der Waals surface area contributed by atoms with Crippen molar-refractivity contribution in [3.05, 3.63) is 54.1 Å². The van der Waals surface area contributed by atoms with Gasteiger partial charge in [-0.05, 0) is 23.8 Å². The highest BCUT2D eigenvalue weighted by Gasteiger charge is 2.09. The Hall–Kier alpha value is -2.40. The number of amides is 1. The molecule has 0 saturated carbocycles. The number of carbonyl (C=O) groups is 1. The van der Waals surface area contributed by atoms with Gasteiger partial charge in [0.25, 0.3) is 0 Å². The Bertz CT molecular complexity index is 768. The van der Waals surface area contributed by atoms with Gasteiger partial charge in [0.2, 0.25) is 5.91 Å². The number of hydrogen-bond acceptors (Lipinski definition) is 4. The van der Waals surface area contributed by atoms with Crippen LogP contribution < -0.4 is 10.1 Å². The molecule has 0 aliphatic heterocycles. The number of thiazole rings is 1. The lowest BCUT2D eigenvalue weighted by molar-refractivity contribution is -0.115. The molecule has 1 N–H and O–H groups in total. The Balaban J connectivity index is 1.74. The molecule has 106 valence electrons. The molecular weight excluding hydrogens is 284 g/mol. The topological polar surface area (TPSA) is 51.2 Å². The summed E-state index contributed by atoms with van der Waals surface area (Å²) in [4.78, 5) is 16.4. The van der Waals surface area contributed by atoms with Crippen molar-refractivity contribution in [2.24, 2.45) is 0 Å². The van der Waals surface area contributed by atoms with Crippen LogP contribution in [0.2, 0.25) is 0 Å². The number of aromatic nitrogens is 1. The van der Waals surface area contributed by atoms with Crippen molar-refractivity contribution in [1.29, 1.82) is 0 Å². The van der Waals surface area contributed by atoms with E-state index in [-0.39, 0.29) is 5.91 Å². The zero-order valence-corrected chi connectivity index (χ0v) is 12.3. The second-order valence-corrected chi connectivity index (χ2v) is 5.59. The maximum Gasteiger partial charge on any atom is 0.230 e. The molecule has 21 heavy (non-hydrogen) atoms. The van der Waals surface area contributed by atoms with Crippen LogP contribution in [0.15, 0.2) is 48.5 Å². The molecule has 0 fully saturated rings. The van der Waals surface area contributed by atoms with Crippen LogP contribution in [-0.2, 0) is 11.2 Å². The predicted octanol–water partition coefficient (Wildman–Crippen LogP) is 3.49. The first kappa shape index (κ1) is 13.6. The Morgan fingerprint density at radius 1 is 1.24 bits per heavy atom. The lowest BCUT2D eigenvalue weighted by Gasteiger charge is -2.01. The van der Waals surface area contributed by atoms with E-state index in [0.29, 0.717) is 11.6 Å². The number of rotatable bonds is 4. The molecule has 0 saturated heterocycles. The first-order valence-electron chi connectivity index (χ1n) is 6.53. The smallest absolute Gasteiger partial charge is 0.230 e. The highest BCUT2D eigenvalue weighted by molar-refractivity contribution is 7.22. The lowest BCUT2D eigenvalue weighted by Crippen LogP contribution is -2.13. The van der Waals surface area contributed by atoms with Gasteiger partial charge in [-0.25, -0.2) is 4.98 Å². The van der Waals surface area contributed by atoms with E-state index in [9.17, 15) is 4.79 Å². The Labute approximate surface area is 126 Å². The molecule has 4 nitrogen and oxygen atoms in total. The standard InChI is InChI=1S/C16H14N2O2S/c1-20-12-7-8-13-14(10-12)21-16(17-13)18-15(19)9-11-5-3-2-4-6-11/h2-8,10H,9H2,1H3,(H,17,18,19). The van der Waals surface area contributed by atoms with Crippen LogP contribution >= 0.6 is 11.3 Å². The molecule has 1 aromatic heterocycles. The minimum Gasteiger partial charge on any atom is -0.497 e. The van der Waals surface area contributed by atoms with Gasteiger partial charge in [-0.1, -0.05) is 41.7 Å². The number of anilines is 1. The van der Waals surface area contributed by atoms with E-state index >= 15 is 0 Å². The molecular formula is C16H14N2O2S. The van der Waals surface area contributed by atoms with E-state index < -0.39 is 0 Å². The summed E-state index contributed by atoms with van der Waals surface area (Å²) in [5.41, 5.74) is 1.84. The second kappa shape index (κ2) is 5.93. The minimum absolute atomic E-state index is 0.0628. The van der Waals surface area contributed by atoms with Crippen LogP contribution in [0.5, 0.6) is 5.75 Å². The van der Waals surface area contributed by atoms with Crippen LogP contribution in [0.25, 0.3) is 10.2 Å². The third kappa shape index (κ3) is 3.20. The van der Waals surface area contributed by atoms with Gasteiger partial charge in [-0.15, -0.1) is 0 Å². The number of ether oxygens (including phenoxy) is 1. The Morgan fingerprint density at radius 2 is 2.05 bits per heavy atom. The Kier molecular flexibility index (Phi) is 3.83. The van der Waals surface area contributed by atoms with Gasteiger partial charge in [0.05, 0.1) is 23.7 Å². The van der Waals surface area contributed by atoms with E-state index in [4.69, 9.17) is 4.74 Å². The van der Waals surface area contributed by atoms with Gasteiger partial charge in [-0.3, -0.25) is 4.79 Å². The number of carbonyl (C=O) groups excluding carboxylic acids is 1. The number of fused-ring (bicyclic) bond motifs is 1. The molecule has 3 rings (SSSR count). The molecule has 0 unspecified atom stereocenters. The average molecular weight is 298 g/mol. The van der Waals surface area contributed by atoms with Gasteiger partial charge in [0, 0.05) is 0 Å². The van der Waals surface area contributed by atoms with Crippen molar-refractivity contribution < 1.29 is 9.53 Å². The van der Waals surface area contributed by atoms with E-state index in [1.54, 1.807) is 7.11 Å². The molecule has 5 heteroatoms. The average Bonchev–Trinajstić information content (AvgIpc) is 2.89. The van der Waals surface area contributed by atoms with Crippen molar-refractivity contribution in [3.8, 4) is 5.75 Å². The SMILES string of the molecule is COc1ccc2nc(NC(=O)Cc3ccccc3)sc2c1. The fourth-order valence-electron chi connectivity index (χ4n) is 2.03. The van der Waals surface area contributed by atoms with Gasteiger partial charge in [-0.2, -0.15) is 0 Å². The Morgan fingerprint density at radius 3 is 2.81 bits per heavy atom. The van der Waals surface area contributed by atoms with E-state index in [1.807, 2.05) is 48.5 Å². The number of nitrogens with one attached hydrogen (secondary N) is 1. The number of nitrogens with zero attached hydrogens (tertiary/aromatic N) is 1. The van der Waals surface area contributed by atoms with Crippen molar-refractivity contribution in [1.82, 2.24) is 4.98 Å². The largest absolute Gasteiger partial charge is 0.497 e. The monoisotopic (exact) mass is 298 g/mol. The highest BCUT2D eigenvalue weighted by Crippen LogP contribution is 2.29. The second-order valence-electron chi connectivity index (χ2n) is 4.56.